The molecule has 0 aliphatic rings. The Bertz CT molecular complexity index is 447. The van der Waals surface area contributed by atoms with Crippen LogP contribution in [0.5, 0.6) is 0 Å². The molecule has 0 aromatic heterocycles. The zero-order valence-corrected chi connectivity index (χ0v) is 12.5. The van der Waals surface area contributed by atoms with Gasteiger partial charge in [-0.3, -0.25) is 0 Å². The predicted molar refractivity (Wildman–Crippen MR) is 83.3 cm³/mol. The van der Waals surface area contributed by atoms with Gasteiger partial charge >= 0.3 is 5.97 Å². The molecule has 0 saturated carbocycles. The maximum Gasteiger partial charge on any atom is 0.337 e. The number of carbonyl (C=O) groups is 1. The van der Waals surface area contributed by atoms with Crippen LogP contribution in [0.25, 0.3) is 0 Å². The van der Waals surface area contributed by atoms with Crippen molar-refractivity contribution >= 4 is 17.3 Å². The number of nitrogens with two attached hydrogens (primary N) is 1. The molecule has 0 atom stereocenters. The van der Waals surface area contributed by atoms with Crippen LogP contribution in [0.2, 0.25) is 0 Å². The molecular formula is C15H25N3O2. The predicted octanol–water partition coefficient (Wildman–Crippen LogP) is 2.50. The van der Waals surface area contributed by atoms with E-state index in [1.807, 2.05) is 0 Å². The smallest absolute Gasteiger partial charge is 0.337 e. The number of carboxylic acid groups (broad SMARTS) is 1. The molecule has 1 aromatic rings. The lowest BCUT2D eigenvalue weighted by Gasteiger charge is -2.20. The summed E-state index contributed by atoms with van der Waals surface area (Å²) in [5.41, 5.74) is 7.11. The monoisotopic (exact) mass is 279 g/mol. The molecule has 0 bridgehead atoms. The lowest BCUT2D eigenvalue weighted by Crippen LogP contribution is -2.27. The first-order chi connectivity index (χ1) is 9.41. The Morgan fingerprint density at radius 2 is 2.10 bits per heavy atom. The van der Waals surface area contributed by atoms with Gasteiger partial charge in [0.15, 0.2) is 0 Å². The van der Waals surface area contributed by atoms with E-state index in [4.69, 9.17) is 10.8 Å². The van der Waals surface area contributed by atoms with Gasteiger partial charge in [-0.15, -0.1) is 0 Å². The van der Waals surface area contributed by atoms with E-state index >= 15 is 0 Å². The van der Waals surface area contributed by atoms with Gasteiger partial charge in [-0.25, -0.2) is 4.79 Å². The average molecular weight is 279 g/mol. The first kappa shape index (κ1) is 16.3. The van der Waals surface area contributed by atoms with E-state index < -0.39 is 5.97 Å². The molecule has 0 radical (unpaired) electrons. The Labute approximate surface area is 120 Å². The maximum absolute atomic E-state index is 11.1. The molecule has 1 rings (SSSR count). The van der Waals surface area contributed by atoms with E-state index in [-0.39, 0.29) is 5.56 Å². The number of benzene rings is 1. The van der Waals surface area contributed by atoms with E-state index in [1.54, 1.807) is 12.1 Å². The van der Waals surface area contributed by atoms with E-state index in [1.165, 1.54) is 6.07 Å². The number of unbranched alkanes of at least 4 members (excludes halogenated alkanes) is 1. The van der Waals surface area contributed by atoms with Crippen LogP contribution >= 0.6 is 0 Å². The first-order valence-corrected chi connectivity index (χ1v) is 6.98. The van der Waals surface area contributed by atoms with Crippen molar-refractivity contribution in [2.75, 3.05) is 31.2 Å². The summed E-state index contributed by atoms with van der Waals surface area (Å²) >= 11 is 0. The molecule has 112 valence electrons. The van der Waals surface area contributed by atoms with Crippen molar-refractivity contribution in [1.29, 1.82) is 0 Å². The fourth-order valence-electron chi connectivity index (χ4n) is 1.86. The summed E-state index contributed by atoms with van der Waals surface area (Å²) in [5.74, 6) is -0.938. The highest BCUT2D eigenvalue weighted by atomic mass is 16.4. The van der Waals surface area contributed by atoms with Crippen LogP contribution in [-0.4, -0.2) is 42.2 Å². The molecule has 0 unspecified atom stereocenters. The number of carboxylic acids is 1. The number of aromatic carboxylic acids is 1. The van der Waals surface area contributed by atoms with Crippen molar-refractivity contribution in [2.45, 2.75) is 32.7 Å². The molecule has 0 amide bonds. The summed E-state index contributed by atoms with van der Waals surface area (Å²) in [6.45, 7) is 6.13. The van der Waals surface area contributed by atoms with Crippen LogP contribution < -0.4 is 11.1 Å². The number of rotatable bonds is 8. The van der Waals surface area contributed by atoms with E-state index in [9.17, 15) is 4.79 Å². The molecule has 0 heterocycles. The van der Waals surface area contributed by atoms with Crippen LogP contribution in [0.1, 0.15) is 37.0 Å². The Morgan fingerprint density at radius 3 is 2.70 bits per heavy atom. The zero-order valence-electron chi connectivity index (χ0n) is 12.5. The normalized spacial score (nSPS) is 11.1. The minimum absolute atomic E-state index is 0.262. The van der Waals surface area contributed by atoms with Crippen LogP contribution in [0.4, 0.5) is 11.4 Å². The highest BCUT2D eigenvalue weighted by molar-refractivity contribution is 5.95. The Kier molecular flexibility index (Phi) is 6.31. The molecule has 5 heteroatoms. The molecule has 5 nitrogen and oxygen atoms in total. The number of hydrogen-bond acceptors (Lipinski definition) is 4. The summed E-state index contributed by atoms with van der Waals surface area (Å²) < 4.78 is 0. The molecule has 0 aliphatic heterocycles. The van der Waals surface area contributed by atoms with Crippen molar-refractivity contribution in [2.24, 2.45) is 0 Å². The minimum Gasteiger partial charge on any atom is -0.478 e. The van der Waals surface area contributed by atoms with E-state index in [0.29, 0.717) is 17.4 Å². The van der Waals surface area contributed by atoms with Gasteiger partial charge in [0, 0.05) is 18.3 Å². The number of anilines is 2. The van der Waals surface area contributed by atoms with Gasteiger partial charge in [-0.05, 0) is 58.5 Å². The topological polar surface area (TPSA) is 78.6 Å². The molecule has 0 aliphatic carbocycles. The second-order valence-corrected chi connectivity index (χ2v) is 5.32. The fraction of sp³-hybridized carbons (Fsp3) is 0.533. The van der Waals surface area contributed by atoms with Crippen molar-refractivity contribution in [3.63, 3.8) is 0 Å². The van der Waals surface area contributed by atoms with Gasteiger partial charge < -0.3 is 21.1 Å². The quantitative estimate of drug-likeness (QED) is 0.503. The molecule has 4 N–H and O–H groups in total. The summed E-state index contributed by atoms with van der Waals surface area (Å²) in [5, 5.41) is 12.3. The lowest BCUT2D eigenvalue weighted by atomic mass is 10.1. The third-order valence-corrected chi connectivity index (χ3v) is 3.41. The van der Waals surface area contributed by atoms with Gasteiger partial charge in [0.2, 0.25) is 0 Å². The summed E-state index contributed by atoms with van der Waals surface area (Å²) in [7, 11) is 2.11. The van der Waals surface area contributed by atoms with Crippen molar-refractivity contribution in [3.05, 3.63) is 23.8 Å². The number of nitrogens with zero attached hydrogens (tertiary/aromatic N) is 1. The van der Waals surface area contributed by atoms with Gasteiger partial charge in [0.1, 0.15) is 0 Å². The van der Waals surface area contributed by atoms with Gasteiger partial charge in [0.25, 0.3) is 0 Å². The average Bonchev–Trinajstić information content (AvgIpc) is 2.37. The summed E-state index contributed by atoms with van der Waals surface area (Å²) in [6, 6.07) is 5.36. The van der Waals surface area contributed by atoms with Crippen molar-refractivity contribution < 1.29 is 9.90 Å². The lowest BCUT2D eigenvalue weighted by molar-refractivity contribution is 0.0698. The number of hydrogen-bond donors (Lipinski definition) is 3. The molecular weight excluding hydrogens is 254 g/mol. The molecule has 0 fully saturated rings. The molecule has 20 heavy (non-hydrogen) atoms. The molecule has 0 saturated heterocycles. The number of nitrogens with one attached hydrogen (secondary N) is 1. The first-order valence-electron chi connectivity index (χ1n) is 6.98. The Morgan fingerprint density at radius 1 is 1.40 bits per heavy atom. The van der Waals surface area contributed by atoms with Crippen molar-refractivity contribution in [3.8, 4) is 0 Å². The molecule has 0 spiro atoms. The van der Waals surface area contributed by atoms with Gasteiger partial charge in [-0.2, -0.15) is 0 Å². The second kappa shape index (κ2) is 7.75. The fourth-order valence-corrected chi connectivity index (χ4v) is 1.86. The second-order valence-electron chi connectivity index (χ2n) is 5.32. The van der Waals surface area contributed by atoms with E-state index in [0.717, 1.165) is 25.9 Å². The van der Waals surface area contributed by atoms with Crippen LogP contribution in [0.3, 0.4) is 0 Å². The van der Waals surface area contributed by atoms with Crippen LogP contribution in [0, 0.1) is 0 Å². The standard InChI is InChI=1S/C15H25N3O2/c1-11(2)18(3)9-5-4-8-17-14-10-12(16)6-7-13(14)15(19)20/h6-7,10-11,17H,4-5,8-9,16H2,1-3H3,(H,19,20). The van der Waals surface area contributed by atoms with Crippen LogP contribution in [-0.2, 0) is 0 Å². The Hall–Kier alpha value is -1.75. The largest absolute Gasteiger partial charge is 0.478 e. The summed E-state index contributed by atoms with van der Waals surface area (Å²) in [4.78, 5) is 13.4. The van der Waals surface area contributed by atoms with Gasteiger partial charge in [0.05, 0.1) is 11.3 Å². The number of nitrogen functional groups attached to an aromatic ring is 1. The highest BCUT2D eigenvalue weighted by Crippen LogP contribution is 2.19. The Balaban J connectivity index is 2.42. The third-order valence-electron chi connectivity index (χ3n) is 3.41. The highest BCUT2D eigenvalue weighted by Gasteiger charge is 2.09. The SMILES string of the molecule is CC(C)N(C)CCCCNc1cc(N)ccc1C(=O)O. The minimum atomic E-state index is -0.938. The molecule has 1 aromatic carbocycles. The summed E-state index contributed by atoms with van der Waals surface area (Å²) in [6.07, 6.45) is 2.07. The van der Waals surface area contributed by atoms with Crippen molar-refractivity contribution in [1.82, 2.24) is 4.90 Å². The third kappa shape index (κ3) is 5.09. The van der Waals surface area contributed by atoms with E-state index in [2.05, 4.69) is 31.1 Å². The maximum atomic E-state index is 11.1. The van der Waals surface area contributed by atoms with Crippen LogP contribution in [0.15, 0.2) is 18.2 Å². The zero-order chi connectivity index (χ0) is 15.1. The van der Waals surface area contributed by atoms with Gasteiger partial charge in [-0.1, -0.05) is 0 Å².